The highest BCUT2D eigenvalue weighted by Gasteiger charge is 2.07. The Morgan fingerprint density at radius 3 is 3.07 bits per heavy atom. The Labute approximate surface area is 93.1 Å². The van der Waals surface area contributed by atoms with Gasteiger partial charge in [0.15, 0.2) is 0 Å². The molecule has 1 nitrogen and oxygen atoms in total. The number of hydrogen-bond acceptors (Lipinski definition) is 1. The summed E-state index contributed by atoms with van der Waals surface area (Å²) in [5, 5.41) is 0.759. The smallest absolute Gasteiger partial charge is 0.132 e. The van der Waals surface area contributed by atoms with Gasteiger partial charge in [0.05, 0.1) is 0 Å². The molecule has 2 rings (SSSR count). The molecule has 0 spiro atoms. The Hall–Kier alpha value is -0.960. The highest BCUT2D eigenvalue weighted by atomic mass is 32.2. The number of H-pyrrole nitrogens is 1. The number of aryl methyl sites for hydroxylation is 1. The molecule has 1 heterocycles. The van der Waals surface area contributed by atoms with Crippen LogP contribution in [0.25, 0.3) is 10.9 Å². The van der Waals surface area contributed by atoms with Crippen molar-refractivity contribution in [1.82, 2.24) is 4.98 Å². The maximum Gasteiger partial charge on any atom is 0.132 e. The SMILES string of the molecule is CCSCCc1c[nH]c2cccc(F)c12. The molecule has 0 aliphatic heterocycles. The molecule has 1 aromatic carbocycles. The molecule has 2 aromatic rings. The highest BCUT2D eigenvalue weighted by molar-refractivity contribution is 7.99. The monoisotopic (exact) mass is 223 g/mol. The van der Waals surface area contributed by atoms with Gasteiger partial charge >= 0.3 is 0 Å². The number of thioether (sulfide) groups is 1. The standard InChI is InChI=1S/C12H14FNS/c1-2-15-7-6-9-8-14-11-5-3-4-10(13)12(9)11/h3-5,8,14H,2,6-7H2,1H3. The van der Waals surface area contributed by atoms with Crippen LogP contribution in [0.2, 0.25) is 0 Å². The lowest BCUT2D eigenvalue weighted by Crippen LogP contribution is -1.88. The third-order valence-electron chi connectivity index (χ3n) is 2.46. The van der Waals surface area contributed by atoms with Gasteiger partial charge in [-0.2, -0.15) is 11.8 Å². The van der Waals surface area contributed by atoms with Crippen LogP contribution in [0.15, 0.2) is 24.4 Å². The van der Waals surface area contributed by atoms with Gasteiger partial charge in [0.1, 0.15) is 5.82 Å². The summed E-state index contributed by atoms with van der Waals surface area (Å²) in [7, 11) is 0. The van der Waals surface area contributed by atoms with Crippen molar-refractivity contribution in [2.45, 2.75) is 13.3 Å². The van der Waals surface area contributed by atoms with Gasteiger partial charge in [0.25, 0.3) is 0 Å². The maximum absolute atomic E-state index is 13.6. The molecule has 15 heavy (non-hydrogen) atoms. The first-order chi connectivity index (χ1) is 7.33. The van der Waals surface area contributed by atoms with Gasteiger partial charge in [-0.05, 0) is 35.6 Å². The minimum atomic E-state index is -0.120. The Bertz CT molecular complexity index is 450. The summed E-state index contributed by atoms with van der Waals surface area (Å²) in [5.41, 5.74) is 1.98. The maximum atomic E-state index is 13.6. The molecule has 0 saturated heterocycles. The van der Waals surface area contributed by atoms with E-state index in [1.54, 1.807) is 6.07 Å². The summed E-state index contributed by atoms with van der Waals surface area (Å²) in [6, 6.07) is 5.17. The predicted molar refractivity (Wildman–Crippen MR) is 65.0 cm³/mol. The molecule has 0 amide bonds. The van der Waals surface area contributed by atoms with E-state index in [9.17, 15) is 4.39 Å². The summed E-state index contributed by atoms with van der Waals surface area (Å²) in [5.74, 6) is 2.05. The summed E-state index contributed by atoms with van der Waals surface area (Å²) in [4.78, 5) is 3.11. The number of halogens is 1. The van der Waals surface area contributed by atoms with E-state index in [2.05, 4.69) is 11.9 Å². The van der Waals surface area contributed by atoms with Gasteiger partial charge in [0.2, 0.25) is 0 Å². The fourth-order valence-electron chi connectivity index (χ4n) is 1.73. The zero-order valence-corrected chi connectivity index (χ0v) is 9.53. The quantitative estimate of drug-likeness (QED) is 0.783. The average Bonchev–Trinajstić information content (AvgIpc) is 2.63. The molecule has 0 aliphatic rings. The summed E-state index contributed by atoms with van der Waals surface area (Å²) >= 11 is 1.88. The molecular formula is C12H14FNS. The second-order valence-corrected chi connectivity index (χ2v) is 4.82. The third-order valence-corrected chi connectivity index (χ3v) is 3.36. The van der Waals surface area contributed by atoms with E-state index in [1.165, 1.54) is 6.07 Å². The van der Waals surface area contributed by atoms with Crippen LogP contribution >= 0.6 is 11.8 Å². The lowest BCUT2D eigenvalue weighted by Gasteiger charge is -1.99. The lowest BCUT2D eigenvalue weighted by atomic mass is 10.1. The minimum absolute atomic E-state index is 0.120. The van der Waals surface area contributed by atoms with Crippen LogP contribution in [-0.2, 0) is 6.42 Å². The molecule has 1 N–H and O–H groups in total. The number of benzene rings is 1. The minimum Gasteiger partial charge on any atom is -0.361 e. The van der Waals surface area contributed by atoms with E-state index in [1.807, 2.05) is 24.0 Å². The fraction of sp³-hybridized carbons (Fsp3) is 0.333. The van der Waals surface area contributed by atoms with E-state index < -0.39 is 0 Å². The van der Waals surface area contributed by atoms with E-state index in [4.69, 9.17) is 0 Å². The summed E-state index contributed by atoms with van der Waals surface area (Å²) in [6.07, 6.45) is 2.85. The molecule has 0 fully saturated rings. The van der Waals surface area contributed by atoms with Crippen molar-refractivity contribution in [3.8, 4) is 0 Å². The van der Waals surface area contributed by atoms with Crippen molar-refractivity contribution < 1.29 is 4.39 Å². The first kappa shape index (κ1) is 10.6. The van der Waals surface area contributed by atoms with E-state index >= 15 is 0 Å². The number of nitrogens with one attached hydrogen (secondary N) is 1. The molecule has 0 saturated carbocycles. The Balaban J connectivity index is 2.27. The van der Waals surface area contributed by atoms with Crippen LogP contribution in [0.1, 0.15) is 12.5 Å². The fourth-order valence-corrected chi connectivity index (χ4v) is 2.38. The molecule has 0 radical (unpaired) electrons. The number of hydrogen-bond donors (Lipinski definition) is 1. The van der Waals surface area contributed by atoms with Crippen molar-refractivity contribution in [3.63, 3.8) is 0 Å². The lowest BCUT2D eigenvalue weighted by molar-refractivity contribution is 0.639. The molecule has 0 aliphatic carbocycles. The first-order valence-electron chi connectivity index (χ1n) is 5.15. The summed E-state index contributed by atoms with van der Waals surface area (Å²) < 4.78 is 13.6. The molecule has 0 bridgehead atoms. The number of aromatic nitrogens is 1. The zero-order chi connectivity index (χ0) is 10.7. The highest BCUT2D eigenvalue weighted by Crippen LogP contribution is 2.22. The molecule has 0 atom stereocenters. The Morgan fingerprint density at radius 1 is 1.40 bits per heavy atom. The molecular weight excluding hydrogens is 209 g/mol. The Morgan fingerprint density at radius 2 is 2.27 bits per heavy atom. The van der Waals surface area contributed by atoms with Crippen molar-refractivity contribution in [2.75, 3.05) is 11.5 Å². The number of aromatic amines is 1. The van der Waals surface area contributed by atoms with Gasteiger partial charge in [-0.1, -0.05) is 13.0 Å². The van der Waals surface area contributed by atoms with E-state index in [0.29, 0.717) is 0 Å². The van der Waals surface area contributed by atoms with Crippen molar-refractivity contribution in [2.24, 2.45) is 0 Å². The third kappa shape index (κ3) is 2.17. The summed E-state index contributed by atoms with van der Waals surface area (Å²) in [6.45, 7) is 2.14. The van der Waals surface area contributed by atoms with Gasteiger partial charge in [-0.25, -0.2) is 4.39 Å². The van der Waals surface area contributed by atoms with Crippen molar-refractivity contribution >= 4 is 22.7 Å². The van der Waals surface area contributed by atoms with Crippen molar-refractivity contribution in [1.29, 1.82) is 0 Å². The second-order valence-electron chi connectivity index (χ2n) is 3.42. The van der Waals surface area contributed by atoms with Crippen molar-refractivity contribution in [3.05, 3.63) is 35.8 Å². The van der Waals surface area contributed by atoms with Crippen LogP contribution < -0.4 is 0 Å². The second kappa shape index (κ2) is 4.71. The number of fused-ring (bicyclic) bond motifs is 1. The molecule has 0 unspecified atom stereocenters. The van der Waals surface area contributed by atoms with Gasteiger partial charge in [-0.15, -0.1) is 0 Å². The van der Waals surface area contributed by atoms with Gasteiger partial charge in [-0.3, -0.25) is 0 Å². The van der Waals surface area contributed by atoms with E-state index in [-0.39, 0.29) is 5.82 Å². The topological polar surface area (TPSA) is 15.8 Å². The number of rotatable bonds is 4. The van der Waals surface area contributed by atoms with Crippen LogP contribution in [0, 0.1) is 5.82 Å². The zero-order valence-electron chi connectivity index (χ0n) is 8.72. The molecule has 3 heteroatoms. The normalized spacial score (nSPS) is 11.1. The average molecular weight is 223 g/mol. The predicted octanol–water partition coefficient (Wildman–Crippen LogP) is 3.60. The van der Waals surface area contributed by atoms with E-state index in [0.717, 1.165) is 34.4 Å². The first-order valence-corrected chi connectivity index (χ1v) is 6.30. The Kier molecular flexibility index (Phi) is 3.31. The molecule has 1 aromatic heterocycles. The molecule has 80 valence electrons. The van der Waals surface area contributed by atoms with Gasteiger partial charge in [0, 0.05) is 17.1 Å². The van der Waals surface area contributed by atoms with Crippen LogP contribution in [0.3, 0.4) is 0 Å². The largest absolute Gasteiger partial charge is 0.361 e. The van der Waals surface area contributed by atoms with Crippen LogP contribution in [0.5, 0.6) is 0 Å². The van der Waals surface area contributed by atoms with Crippen LogP contribution in [-0.4, -0.2) is 16.5 Å². The van der Waals surface area contributed by atoms with Gasteiger partial charge < -0.3 is 4.98 Å². The van der Waals surface area contributed by atoms with Crippen LogP contribution in [0.4, 0.5) is 4.39 Å².